The second-order valence-corrected chi connectivity index (χ2v) is 9.70. The Morgan fingerprint density at radius 3 is 2.18 bits per heavy atom. The Bertz CT molecular complexity index is 1100. The van der Waals surface area contributed by atoms with E-state index in [-0.39, 0.29) is 0 Å². The largest absolute Gasteiger partial charge is 0.353 e. The summed E-state index contributed by atoms with van der Waals surface area (Å²) in [7, 11) is 0. The molecule has 0 saturated carbocycles. The molecule has 2 heterocycles. The number of halogens is 2. The molecule has 1 aromatic heterocycles. The molecular formula is C27H36Cl2N4. The molecule has 0 aliphatic carbocycles. The number of hydrogen-bond donors (Lipinski definition) is 1. The van der Waals surface area contributed by atoms with Crippen LogP contribution in [0.3, 0.4) is 0 Å². The highest BCUT2D eigenvalue weighted by Gasteiger charge is 2.32. The van der Waals surface area contributed by atoms with Crippen molar-refractivity contribution in [2.24, 2.45) is 0 Å². The maximum atomic E-state index is 6.47. The van der Waals surface area contributed by atoms with E-state index < -0.39 is 0 Å². The Morgan fingerprint density at radius 2 is 1.48 bits per heavy atom. The highest BCUT2D eigenvalue weighted by Crippen LogP contribution is 2.48. The quantitative estimate of drug-likeness (QED) is 0.327. The van der Waals surface area contributed by atoms with Crippen molar-refractivity contribution in [2.45, 2.75) is 46.6 Å². The van der Waals surface area contributed by atoms with E-state index in [1.807, 2.05) is 12.1 Å². The molecule has 1 unspecified atom stereocenters. The van der Waals surface area contributed by atoms with Gasteiger partial charge in [-0.25, -0.2) is 0 Å². The maximum Gasteiger partial charge on any atom is 0.0684 e. The van der Waals surface area contributed by atoms with Gasteiger partial charge in [-0.05, 0) is 75.0 Å². The SMILES string of the molecule is CCN(CC)CCC1c2ccc(Cl)cc2Nc2c1n(CCN(CC)CC)c1ccc(Cl)cc21. The summed E-state index contributed by atoms with van der Waals surface area (Å²) in [5.41, 5.74) is 6.25. The van der Waals surface area contributed by atoms with E-state index in [0.29, 0.717) is 5.92 Å². The number of benzene rings is 2. The van der Waals surface area contributed by atoms with E-state index in [9.17, 15) is 0 Å². The van der Waals surface area contributed by atoms with Crippen molar-refractivity contribution < 1.29 is 0 Å². The van der Waals surface area contributed by atoms with E-state index in [1.54, 1.807) is 0 Å². The van der Waals surface area contributed by atoms with Crippen LogP contribution in [-0.4, -0.2) is 53.6 Å². The second-order valence-electron chi connectivity index (χ2n) is 8.82. The van der Waals surface area contributed by atoms with E-state index >= 15 is 0 Å². The number of fused-ring (bicyclic) bond motifs is 4. The lowest BCUT2D eigenvalue weighted by Crippen LogP contribution is -2.29. The molecule has 1 N–H and O–H groups in total. The summed E-state index contributed by atoms with van der Waals surface area (Å²) >= 11 is 12.9. The fraction of sp³-hybridized carbons (Fsp3) is 0.481. The molecule has 3 aromatic rings. The van der Waals surface area contributed by atoms with Gasteiger partial charge in [0.25, 0.3) is 0 Å². The van der Waals surface area contributed by atoms with Gasteiger partial charge in [0.05, 0.1) is 16.9 Å². The fourth-order valence-corrected chi connectivity index (χ4v) is 5.57. The first-order valence-electron chi connectivity index (χ1n) is 12.3. The molecule has 33 heavy (non-hydrogen) atoms. The Hall–Kier alpha value is -1.72. The molecule has 0 amide bonds. The van der Waals surface area contributed by atoms with Crippen molar-refractivity contribution in [1.29, 1.82) is 0 Å². The van der Waals surface area contributed by atoms with E-state index in [2.05, 4.69) is 71.6 Å². The van der Waals surface area contributed by atoms with Crippen molar-refractivity contribution in [2.75, 3.05) is 44.6 Å². The summed E-state index contributed by atoms with van der Waals surface area (Å²) in [5, 5.41) is 6.46. The molecule has 2 aromatic carbocycles. The van der Waals surface area contributed by atoms with Crippen molar-refractivity contribution in [1.82, 2.24) is 14.4 Å². The summed E-state index contributed by atoms with van der Waals surface area (Å²) in [5.74, 6) is 0.303. The number of hydrogen-bond acceptors (Lipinski definition) is 3. The lowest BCUT2D eigenvalue weighted by atomic mass is 9.87. The number of aromatic nitrogens is 1. The van der Waals surface area contributed by atoms with Crippen LogP contribution in [0.25, 0.3) is 10.9 Å². The van der Waals surface area contributed by atoms with Crippen molar-refractivity contribution >= 4 is 45.5 Å². The molecule has 0 fully saturated rings. The predicted molar refractivity (Wildman–Crippen MR) is 144 cm³/mol. The average Bonchev–Trinajstić information content (AvgIpc) is 3.12. The summed E-state index contributed by atoms with van der Waals surface area (Å²) < 4.78 is 2.54. The van der Waals surface area contributed by atoms with Crippen LogP contribution in [0, 0.1) is 0 Å². The van der Waals surface area contributed by atoms with E-state index in [1.165, 1.54) is 27.8 Å². The van der Waals surface area contributed by atoms with Gasteiger partial charge in [0.15, 0.2) is 0 Å². The smallest absolute Gasteiger partial charge is 0.0684 e. The molecule has 0 spiro atoms. The van der Waals surface area contributed by atoms with Gasteiger partial charge in [-0.2, -0.15) is 0 Å². The summed E-state index contributed by atoms with van der Waals surface area (Å²) in [6.45, 7) is 16.3. The first-order valence-corrected chi connectivity index (χ1v) is 13.1. The summed E-state index contributed by atoms with van der Waals surface area (Å²) in [6, 6.07) is 12.6. The third-order valence-electron chi connectivity index (χ3n) is 7.21. The molecule has 0 saturated heterocycles. The fourth-order valence-electron chi connectivity index (χ4n) is 5.23. The van der Waals surface area contributed by atoms with Gasteiger partial charge in [0.2, 0.25) is 0 Å². The molecule has 0 bridgehead atoms. The van der Waals surface area contributed by atoms with Crippen LogP contribution >= 0.6 is 23.2 Å². The van der Waals surface area contributed by atoms with Crippen molar-refractivity contribution in [3.8, 4) is 0 Å². The van der Waals surface area contributed by atoms with Gasteiger partial charge in [0.1, 0.15) is 0 Å². The minimum atomic E-state index is 0.303. The van der Waals surface area contributed by atoms with Crippen LogP contribution in [0.15, 0.2) is 36.4 Å². The van der Waals surface area contributed by atoms with Crippen LogP contribution in [0.1, 0.15) is 51.3 Å². The predicted octanol–water partition coefficient (Wildman–Crippen LogP) is 7.21. The zero-order valence-electron chi connectivity index (χ0n) is 20.3. The monoisotopic (exact) mass is 486 g/mol. The molecule has 4 rings (SSSR count). The van der Waals surface area contributed by atoms with Gasteiger partial charge in [-0.15, -0.1) is 0 Å². The zero-order valence-corrected chi connectivity index (χ0v) is 21.8. The minimum absolute atomic E-state index is 0.303. The van der Waals surface area contributed by atoms with E-state index in [4.69, 9.17) is 23.2 Å². The zero-order chi connectivity index (χ0) is 23.5. The Kier molecular flexibility index (Phi) is 7.91. The van der Waals surface area contributed by atoms with Gasteiger partial charge < -0.3 is 19.7 Å². The standard InChI is InChI=1S/C27H36Cl2N4/c1-5-31(6-2)14-13-22-21-11-9-20(29)18-24(21)30-26-23-17-19(28)10-12-25(23)33(27(22)26)16-15-32(7-3)8-4/h9-12,17-18,22,30H,5-8,13-16H2,1-4H3. The Labute approximate surface area is 208 Å². The van der Waals surface area contributed by atoms with Gasteiger partial charge >= 0.3 is 0 Å². The molecule has 1 atom stereocenters. The molecule has 0 radical (unpaired) electrons. The molecule has 178 valence electrons. The number of nitrogens with one attached hydrogen (secondary N) is 1. The number of anilines is 2. The van der Waals surface area contributed by atoms with Crippen LogP contribution in [-0.2, 0) is 6.54 Å². The number of nitrogens with zero attached hydrogens (tertiary/aromatic N) is 3. The van der Waals surface area contributed by atoms with Crippen LogP contribution < -0.4 is 5.32 Å². The molecule has 1 aliphatic heterocycles. The minimum Gasteiger partial charge on any atom is -0.353 e. The van der Waals surface area contributed by atoms with Crippen molar-refractivity contribution in [3.05, 3.63) is 57.7 Å². The highest BCUT2D eigenvalue weighted by atomic mass is 35.5. The van der Waals surface area contributed by atoms with Gasteiger partial charge in [-0.1, -0.05) is 57.0 Å². The lowest BCUT2D eigenvalue weighted by molar-refractivity contribution is 0.285. The van der Waals surface area contributed by atoms with Gasteiger partial charge in [-0.3, -0.25) is 0 Å². The highest BCUT2D eigenvalue weighted by molar-refractivity contribution is 6.31. The molecule has 4 nitrogen and oxygen atoms in total. The number of rotatable bonds is 10. The number of likely N-dealkylation sites (N-methyl/N-ethyl adjacent to an activating group) is 1. The summed E-state index contributed by atoms with van der Waals surface area (Å²) in [4.78, 5) is 5.00. The lowest BCUT2D eigenvalue weighted by Gasteiger charge is -2.31. The van der Waals surface area contributed by atoms with Gasteiger partial charge in [0, 0.05) is 40.1 Å². The van der Waals surface area contributed by atoms with Crippen LogP contribution in [0.5, 0.6) is 0 Å². The first kappa shape index (κ1) is 24.4. The summed E-state index contributed by atoms with van der Waals surface area (Å²) in [6.07, 6.45) is 1.07. The van der Waals surface area contributed by atoms with Crippen LogP contribution in [0.2, 0.25) is 10.0 Å². The Morgan fingerprint density at radius 1 is 0.848 bits per heavy atom. The molecule has 1 aliphatic rings. The second kappa shape index (κ2) is 10.7. The molecule has 6 heteroatoms. The topological polar surface area (TPSA) is 23.4 Å². The van der Waals surface area contributed by atoms with Crippen LogP contribution in [0.4, 0.5) is 11.4 Å². The van der Waals surface area contributed by atoms with E-state index in [0.717, 1.165) is 68.0 Å². The Balaban J connectivity index is 1.85. The third kappa shape index (κ3) is 4.90. The normalized spacial score (nSPS) is 15.2. The third-order valence-corrected chi connectivity index (χ3v) is 7.68. The molecular weight excluding hydrogens is 451 g/mol. The van der Waals surface area contributed by atoms with Crippen molar-refractivity contribution in [3.63, 3.8) is 0 Å². The first-order chi connectivity index (χ1) is 16.0. The maximum absolute atomic E-state index is 6.47. The average molecular weight is 488 g/mol.